The van der Waals surface area contributed by atoms with Gasteiger partial charge < -0.3 is 9.80 Å². The Morgan fingerprint density at radius 1 is 1.06 bits per heavy atom. The van der Waals surface area contributed by atoms with Crippen LogP contribution in [-0.4, -0.2) is 48.4 Å². The first-order valence-electron chi connectivity index (χ1n) is 7.25. The quantitative estimate of drug-likeness (QED) is 0.692. The number of rotatable bonds is 1. The molecule has 2 heterocycles. The van der Waals surface area contributed by atoms with E-state index in [1.54, 1.807) is 0 Å². The number of fused-ring (bicyclic) bond motifs is 1. The van der Waals surface area contributed by atoms with E-state index >= 15 is 0 Å². The van der Waals surface area contributed by atoms with Gasteiger partial charge in [0.05, 0.1) is 0 Å². The molecule has 1 amide bonds. The fourth-order valence-electron chi connectivity index (χ4n) is 3.94. The number of piperidine rings is 1. The Kier molecular flexibility index (Phi) is 3.12. The summed E-state index contributed by atoms with van der Waals surface area (Å²) in [5.41, 5.74) is 0. The van der Waals surface area contributed by atoms with Crippen molar-refractivity contribution in [3.05, 3.63) is 0 Å². The van der Waals surface area contributed by atoms with Crippen LogP contribution in [0.4, 0.5) is 0 Å². The minimum Gasteiger partial charge on any atom is -0.339 e. The molecule has 0 aromatic carbocycles. The van der Waals surface area contributed by atoms with Crippen LogP contribution in [0.15, 0.2) is 0 Å². The molecule has 0 aromatic heterocycles. The summed E-state index contributed by atoms with van der Waals surface area (Å²) >= 11 is 0. The second-order valence-corrected chi connectivity index (χ2v) is 6.18. The van der Waals surface area contributed by atoms with Crippen LogP contribution in [0, 0.1) is 11.8 Å². The van der Waals surface area contributed by atoms with Crippen molar-refractivity contribution in [2.75, 3.05) is 26.7 Å². The Morgan fingerprint density at radius 3 is 2.47 bits per heavy atom. The standard InChI is InChI=1S/C14H24N2O/c1-15-8-6-12(7-9-15)16-10-11-4-2-3-5-13(11)14(16)17/h11-13H,2-10H2,1H3. The molecule has 1 saturated carbocycles. The molecule has 2 unspecified atom stereocenters. The third kappa shape index (κ3) is 2.10. The average molecular weight is 236 g/mol. The van der Waals surface area contributed by atoms with Gasteiger partial charge in [0, 0.05) is 18.5 Å². The van der Waals surface area contributed by atoms with Gasteiger partial charge in [-0.1, -0.05) is 12.8 Å². The second kappa shape index (κ2) is 4.60. The zero-order chi connectivity index (χ0) is 11.8. The van der Waals surface area contributed by atoms with E-state index in [9.17, 15) is 4.79 Å². The molecule has 3 fully saturated rings. The zero-order valence-electron chi connectivity index (χ0n) is 10.9. The van der Waals surface area contributed by atoms with Crippen molar-refractivity contribution < 1.29 is 4.79 Å². The molecule has 17 heavy (non-hydrogen) atoms. The molecule has 0 N–H and O–H groups in total. The number of amides is 1. The fraction of sp³-hybridized carbons (Fsp3) is 0.929. The summed E-state index contributed by atoms with van der Waals surface area (Å²) < 4.78 is 0. The van der Waals surface area contributed by atoms with E-state index in [4.69, 9.17) is 0 Å². The van der Waals surface area contributed by atoms with E-state index in [0.717, 1.165) is 26.1 Å². The SMILES string of the molecule is CN1CCC(N2CC3CCCCC3C2=O)CC1. The van der Waals surface area contributed by atoms with Crippen molar-refractivity contribution in [2.45, 2.75) is 44.6 Å². The molecule has 0 bridgehead atoms. The van der Waals surface area contributed by atoms with Crippen LogP contribution in [0.5, 0.6) is 0 Å². The number of carbonyl (C=O) groups excluding carboxylic acids is 1. The van der Waals surface area contributed by atoms with Gasteiger partial charge in [0.1, 0.15) is 0 Å². The van der Waals surface area contributed by atoms with E-state index in [2.05, 4.69) is 16.8 Å². The molecule has 3 nitrogen and oxygen atoms in total. The van der Waals surface area contributed by atoms with Gasteiger partial charge >= 0.3 is 0 Å². The molecule has 3 rings (SSSR count). The smallest absolute Gasteiger partial charge is 0.226 e. The minimum absolute atomic E-state index is 0.392. The van der Waals surface area contributed by atoms with Crippen molar-refractivity contribution in [2.24, 2.45) is 11.8 Å². The van der Waals surface area contributed by atoms with E-state index in [0.29, 0.717) is 23.8 Å². The third-order valence-corrected chi connectivity index (χ3v) is 5.07. The summed E-state index contributed by atoms with van der Waals surface area (Å²) in [6.45, 7) is 3.38. The van der Waals surface area contributed by atoms with Crippen molar-refractivity contribution in [3.8, 4) is 0 Å². The van der Waals surface area contributed by atoms with Crippen LogP contribution in [0.3, 0.4) is 0 Å². The number of carbonyl (C=O) groups is 1. The molecule has 96 valence electrons. The molecule has 1 aliphatic carbocycles. The zero-order valence-corrected chi connectivity index (χ0v) is 10.9. The predicted molar refractivity (Wildman–Crippen MR) is 67.7 cm³/mol. The first kappa shape index (κ1) is 11.5. The highest BCUT2D eigenvalue weighted by Gasteiger charge is 2.43. The normalized spacial score (nSPS) is 36.3. The Balaban J connectivity index is 1.66. The lowest BCUT2D eigenvalue weighted by Crippen LogP contribution is -2.44. The van der Waals surface area contributed by atoms with Gasteiger partial charge in [-0.05, 0) is 51.7 Å². The van der Waals surface area contributed by atoms with Gasteiger partial charge in [0.25, 0.3) is 0 Å². The molecule has 0 spiro atoms. The summed E-state index contributed by atoms with van der Waals surface area (Å²) in [4.78, 5) is 17.1. The summed E-state index contributed by atoms with van der Waals surface area (Å²) in [6, 6.07) is 0.546. The summed E-state index contributed by atoms with van der Waals surface area (Å²) in [6.07, 6.45) is 7.43. The Hall–Kier alpha value is -0.570. The van der Waals surface area contributed by atoms with Crippen molar-refractivity contribution in [1.82, 2.24) is 9.80 Å². The van der Waals surface area contributed by atoms with Gasteiger partial charge in [-0.25, -0.2) is 0 Å². The summed E-state index contributed by atoms with van der Waals surface area (Å²) in [7, 11) is 2.18. The summed E-state index contributed by atoms with van der Waals surface area (Å²) in [5.74, 6) is 1.57. The number of hydrogen-bond acceptors (Lipinski definition) is 2. The third-order valence-electron chi connectivity index (χ3n) is 5.07. The molecular weight excluding hydrogens is 212 g/mol. The lowest BCUT2D eigenvalue weighted by atomic mass is 9.81. The van der Waals surface area contributed by atoms with Gasteiger partial charge in [-0.3, -0.25) is 4.79 Å². The van der Waals surface area contributed by atoms with Gasteiger partial charge in [0.15, 0.2) is 0 Å². The van der Waals surface area contributed by atoms with Crippen LogP contribution < -0.4 is 0 Å². The first-order chi connectivity index (χ1) is 8.25. The predicted octanol–water partition coefficient (Wildman–Crippen LogP) is 1.73. The number of hydrogen-bond donors (Lipinski definition) is 0. The molecule has 3 heteroatoms. The van der Waals surface area contributed by atoms with Crippen molar-refractivity contribution in [3.63, 3.8) is 0 Å². The van der Waals surface area contributed by atoms with Crippen molar-refractivity contribution in [1.29, 1.82) is 0 Å². The van der Waals surface area contributed by atoms with Gasteiger partial charge in [0.2, 0.25) is 5.91 Å². The Morgan fingerprint density at radius 2 is 1.76 bits per heavy atom. The van der Waals surface area contributed by atoms with Gasteiger partial charge in [-0.15, -0.1) is 0 Å². The van der Waals surface area contributed by atoms with Crippen LogP contribution in [0.1, 0.15) is 38.5 Å². The molecule has 2 aliphatic heterocycles. The van der Waals surface area contributed by atoms with E-state index in [-0.39, 0.29) is 0 Å². The Labute approximate surface area is 104 Å². The molecular formula is C14H24N2O. The molecule has 2 atom stereocenters. The maximum absolute atomic E-state index is 12.4. The highest BCUT2D eigenvalue weighted by atomic mass is 16.2. The highest BCUT2D eigenvalue weighted by molar-refractivity contribution is 5.81. The van der Waals surface area contributed by atoms with E-state index in [1.807, 2.05) is 0 Å². The van der Waals surface area contributed by atoms with Crippen molar-refractivity contribution >= 4 is 5.91 Å². The van der Waals surface area contributed by atoms with E-state index in [1.165, 1.54) is 32.1 Å². The lowest BCUT2D eigenvalue weighted by molar-refractivity contribution is -0.134. The highest BCUT2D eigenvalue weighted by Crippen LogP contribution is 2.38. The molecule has 0 radical (unpaired) electrons. The second-order valence-electron chi connectivity index (χ2n) is 6.18. The maximum Gasteiger partial charge on any atom is 0.226 e. The summed E-state index contributed by atoms with van der Waals surface area (Å²) in [5, 5.41) is 0. The van der Waals surface area contributed by atoms with E-state index < -0.39 is 0 Å². The topological polar surface area (TPSA) is 23.6 Å². The van der Waals surface area contributed by atoms with Crippen LogP contribution in [-0.2, 0) is 4.79 Å². The monoisotopic (exact) mass is 236 g/mol. The molecule has 3 aliphatic rings. The largest absolute Gasteiger partial charge is 0.339 e. The lowest BCUT2D eigenvalue weighted by Gasteiger charge is -2.35. The number of nitrogens with zero attached hydrogens (tertiary/aromatic N) is 2. The van der Waals surface area contributed by atoms with Crippen LogP contribution >= 0.6 is 0 Å². The first-order valence-corrected chi connectivity index (χ1v) is 7.25. The fourth-order valence-corrected chi connectivity index (χ4v) is 3.94. The number of likely N-dealkylation sites (tertiary alicyclic amines) is 2. The average Bonchev–Trinajstić information content (AvgIpc) is 2.69. The molecule has 2 saturated heterocycles. The Bertz CT molecular complexity index is 297. The molecule has 0 aromatic rings. The van der Waals surface area contributed by atoms with Crippen LogP contribution in [0.25, 0.3) is 0 Å². The maximum atomic E-state index is 12.4. The minimum atomic E-state index is 0.392. The van der Waals surface area contributed by atoms with Gasteiger partial charge in [-0.2, -0.15) is 0 Å². The van der Waals surface area contributed by atoms with Crippen LogP contribution in [0.2, 0.25) is 0 Å².